The van der Waals surface area contributed by atoms with Gasteiger partial charge in [0.05, 0.1) is 8.07 Å². The van der Waals surface area contributed by atoms with Gasteiger partial charge < -0.3 is 0 Å². The Bertz CT molecular complexity index is 334. The lowest BCUT2D eigenvalue weighted by molar-refractivity contribution is 1.13. The van der Waals surface area contributed by atoms with Crippen LogP contribution in [0.25, 0.3) is 0 Å². The maximum atomic E-state index is 2.42. The molecule has 0 aromatic rings. The third-order valence-corrected chi connectivity index (χ3v) is 9.40. The minimum Gasteiger partial charge on any atom is -0.0914 e. The lowest BCUT2D eigenvalue weighted by atomic mass is 10.4. The zero-order valence-corrected chi connectivity index (χ0v) is 9.84. The van der Waals surface area contributed by atoms with Crippen molar-refractivity contribution in [3.8, 4) is 0 Å². The maximum Gasteiger partial charge on any atom is 0.0831 e. The van der Waals surface area contributed by atoms with E-state index in [4.69, 9.17) is 0 Å². The minimum atomic E-state index is -1.22. The first kappa shape index (κ1) is 9.17. The standard InChI is InChI=1S/C14H16Si/c1-2-8-13(7-1)15(11-5-6-12-15)14-9-3-4-10-14/h1-10,13-14H,11-12H2. The summed E-state index contributed by atoms with van der Waals surface area (Å²) in [6, 6.07) is 2.71. The normalized spacial score (nSPS) is 27.5. The Labute approximate surface area is 92.4 Å². The fourth-order valence-corrected chi connectivity index (χ4v) is 7.97. The van der Waals surface area contributed by atoms with Crippen molar-refractivity contribution in [2.75, 3.05) is 0 Å². The van der Waals surface area contributed by atoms with Crippen LogP contribution in [0.2, 0.25) is 23.2 Å². The molecule has 0 bridgehead atoms. The Kier molecular flexibility index (Phi) is 2.13. The first-order chi connectivity index (χ1) is 7.42. The van der Waals surface area contributed by atoms with Gasteiger partial charge in [-0.3, -0.25) is 0 Å². The van der Waals surface area contributed by atoms with Crippen LogP contribution < -0.4 is 0 Å². The van der Waals surface area contributed by atoms with Gasteiger partial charge in [-0.25, -0.2) is 0 Å². The van der Waals surface area contributed by atoms with E-state index in [-0.39, 0.29) is 0 Å². The van der Waals surface area contributed by atoms with Crippen molar-refractivity contribution in [2.45, 2.75) is 23.2 Å². The molecule has 3 rings (SSSR count). The number of allylic oxidation sites excluding steroid dienone is 10. The van der Waals surface area contributed by atoms with E-state index in [1.807, 2.05) is 0 Å². The van der Waals surface area contributed by atoms with E-state index in [1.165, 1.54) is 12.1 Å². The van der Waals surface area contributed by atoms with E-state index in [1.54, 1.807) is 0 Å². The molecule has 1 heteroatoms. The van der Waals surface area contributed by atoms with Crippen molar-refractivity contribution in [1.29, 1.82) is 0 Å². The highest BCUT2D eigenvalue weighted by atomic mass is 28.3. The van der Waals surface area contributed by atoms with Crippen LogP contribution in [0, 0.1) is 0 Å². The van der Waals surface area contributed by atoms with Crippen LogP contribution >= 0.6 is 0 Å². The molecule has 0 saturated carbocycles. The van der Waals surface area contributed by atoms with Crippen LogP contribution in [-0.4, -0.2) is 8.07 Å². The molecule has 0 saturated heterocycles. The summed E-state index contributed by atoms with van der Waals surface area (Å²) in [4.78, 5) is 0. The van der Waals surface area contributed by atoms with Crippen molar-refractivity contribution >= 4 is 8.07 Å². The third kappa shape index (κ3) is 1.34. The van der Waals surface area contributed by atoms with Crippen molar-refractivity contribution in [3.63, 3.8) is 0 Å². The Hall–Kier alpha value is -1.08. The summed E-state index contributed by atoms with van der Waals surface area (Å²) in [5, 5.41) is 0. The molecular formula is C14H16Si. The van der Waals surface area contributed by atoms with Crippen LogP contribution in [0.5, 0.6) is 0 Å². The molecule has 0 aromatic heterocycles. The van der Waals surface area contributed by atoms with E-state index < -0.39 is 8.07 Å². The second-order valence-corrected chi connectivity index (χ2v) is 9.32. The molecule has 0 unspecified atom stereocenters. The average Bonchev–Trinajstić information content (AvgIpc) is 3.02. The van der Waals surface area contributed by atoms with Crippen LogP contribution in [-0.2, 0) is 0 Å². The molecule has 0 spiro atoms. The monoisotopic (exact) mass is 212 g/mol. The third-order valence-electron chi connectivity index (χ3n) is 3.99. The number of rotatable bonds is 2. The molecule has 76 valence electrons. The van der Waals surface area contributed by atoms with Crippen LogP contribution in [0.4, 0.5) is 0 Å². The van der Waals surface area contributed by atoms with Gasteiger partial charge in [0.25, 0.3) is 0 Å². The van der Waals surface area contributed by atoms with Gasteiger partial charge in [0.15, 0.2) is 0 Å². The van der Waals surface area contributed by atoms with E-state index in [0.717, 1.165) is 11.1 Å². The highest BCUT2D eigenvalue weighted by Crippen LogP contribution is 2.48. The largest absolute Gasteiger partial charge is 0.0914 e. The predicted octanol–water partition coefficient (Wildman–Crippen LogP) is 4.00. The summed E-state index contributed by atoms with van der Waals surface area (Å²) in [7, 11) is -1.22. The second-order valence-electron chi connectivity index (χ2n) is 4.70. The van der Waals surface area contributed by atoms with E-state index >= 15 is 0 Å². The molecule has 0 atom stereocenters. The zero-order chi connectivity index (χ0) is 10.1. The van der Waals surface area contributed by atoms with Crippen molar-refractivity contribution < 1.29 is 0 Å². The smallest absolute Gasteiger partial charge is 0.0831 e. The van der Waals surface area contributed by atoms with Gasteiger partial charge in [0.2, 0.25) is 0 Å². The Morgan fingerprint density at radius 1 is 0.667 bits per heavy atom. The minimum absolute atomic E-state index is 0.755. The lowest BCUT2D eigenvalue weighted by Gasteiger charge is -2.35. The highest BCUT2D eigenvalue weighted by molar-refractivity contribution is 6.85. The number of hydrogen-bond acceptors (Lipinski definition) is 0. The number of hydrogen-bond donors (Lipinski definition) is 0. The van der Waals surface area contributed by atoms with Gasteiger partial charge >= 0.3 is 0 Å². The van der Waals surface area contributed by atoms with Gasteiger partial charge in [0.1, 0.15) is 0 Å². The van der Waals surface area contributed by atoms with Gasteiger partial charge in [0, 0.05) is 0 Å². The lowest BCUT2D eigenvalue weighted by Crippen LogP contribution is -2.38. The van der Waals surface area contributed by atoms with E-state index in [0.29, 0.717) is 0 Å². The van der Waals surface area contributed by atoms with Crippen LogP contribution in [0.1, 0.15) is 0 Å². The fourth-order valence-electron chi connectivity index (χ4n) is 3.09. The molecule has 1 heterocycles. The molecule has 0 radical (unpaired) electrons. The topological polar surface area (TPSA) is 0 Å². The predicted molar refractivity (Wildman–Crippen MR) is 68.6 cm³/mol. The maximum absolute atomic E-state index is 2.42. The van der Waals surface area contributed by atoms with Crippen molar-refractivity contribution in [3.05, 3.63) is 60.8 Å². The van der Waals surface area contributed by atoms with Crippen molar-refractivity contribution in [1.82, 2.24) is 0 Å². The Morgan fingerprint density at radius 2 is 1.07 bits per heavy atom. The van der Waals surface area contributed by atoms with Crippen LogP contribution in [0.15, 0.2) is 60.8 Å². The van der Waals surface area contributed by atoms with Gasteiger partial charge in [-0.05, 0) is 23.2 Å². The summed E-state index contributed by atoms with van der Waals surface area (Å²) < 4.78 is 0. The average molecular weight is 212 g/mol. The summed E-state index contributed by atoms with van der Waals surface area (Å²) >= 11 is 0. The van der Waals surface area contributed by atoms with Crippen LogP contribution in [0.3, 0.4) is 0 Å². The van der Waals surface area contributed by atoms with Gasteiger partial charge in [-0.1, -0.05) is 60.8 Å². The van der Waals surface area contributed by atoms with Gasteiger partial charge in [-0.15, -0.1) is 0 Å². The molecule has 0 amide bonds. The second kappa shape index (κ2) is 3.49. The first-order valence-corrected chi connectivity index (χ1v) is 8.34. The summed E-state index contributed by atoms with van der Waals surface area (Å²) in [6.07, 6.45) is 23.4. The summed E-state index contributed by atoms with van der Waals surface area (Å²) in [5.74, 6) is 0. The molecule has 0 N–H and O–H groups in total. The molecule has 1 aliphatic heterocycles. The fraction of sp³-hybridized carbons (Fsp3) is 0.286. The molecule has 3 aliphatic rings. The molecule has 15 heavy (non-hydrogen) atoms. The summed E-state index contributed by atoms with van der Waals surface area (Å²) in [5.41, 5.74) is 1.51. The molecular weight excluding hydrogens is 196 g/mol. The Morgan fingerprint density at radius 3 is 1.47 bits per heavy atom. The molecule has 0 aromatic carbocycles. The van der Waals surface area contributed by atoms with E-state index in [9.17, 15) is 0 Å². The van der Waals surface area contributed by atoms with Gasteiger partial charge in [-0.2, -0.15) is 0 Å². The highest BCUT2D eigenvalue weighted by Gasteiger charge is 2.44. The molecule has 0 fully saturated rings. The van der Waals surface area contributed by atoms with E-state index in [2.05, 4.69) is 60.8 Å². The zero-order valence-electron chi connectivity index (χ0n) is 8.84. The SMILES string of the molecule is C1=CC([Si]2(C3C=CC=C3)CC=CC2)C=C1. The quantitative estimate of drug-likeness (QED) is 0.479. The molecule has 0 nitrogen and oxygen atoms in total. The summed E-state index contributed by atoms with van der Waals surface area (Å²) in [6.45, 7) is 0. The first-order valence-electron chi connectivity index (χ1n) is 5.77. The Balaban J connectivity index is 1.94. The molecule has 2 aliphatic carbocycles. The van der Waals surface area contributed by atoms with Crippen molar-refractivity contribution in [2.24, 2.45) is 0 Å².